The fraction of sp³-hybridized carbons (Fsp3) is 0.667. The smallest absolute Gasteiger partial charge is 0.306 e. The van der Waals surface area contributed by atoms with Crippen LogP contribution < -0.4 is 0 Å². The summed E-state index contributed by atoms with van der Waals surface area (Å²) in [6, 6.07) is 0. The van der Waals surface area contributed by atoms with Crippen LogP contribution in [0.5, 0.6) is 0 Å². The lowest BCUT2D eigenvalue weighted by molar-refractivity contribution is -0.159. The molecule has 2 heteroatoms. The zero-order valence-electron chi connectivity index (χ0n) is 6.89. The van der Waals surface area contributed by atoms with Crippen molar-refractivity contribution in [1.29, 1.82) is 0 Å². The monoisotopic (exact) mass is 152 g/mol. The molecule has 1 aliphatic rings. The number of terminal acetylenes is 1. The first-order valence-electron chi connectivity index (χ1n) is 3.76. The Bertz CT molecular complexity index is 214. The van der Waals surface area contributed by atoms with Crippen molar-refractivity contribution in [2.75, 3.05) is 0 Å². The van der Waals surface area contributed by atoms with Gasteiger partial charge in [0.1, 0.15) is 6.10 Å². The zero-order chi connectivity index (χ0) is 8.48. The Kier molecular flexibility index (Phi) is 1.90. The first-order chi connectivity index (χ1) is 5.08. The van der Waals surface area contributed by atoms with Crippen LogP contribution in [0, 0.1) is 17.8 Å². The minimum absolute atomic E-state index is 0.134. The number of cyclic esters (lactones) is 1. The van der Waals surface area contributed by atoms with Crippen molar-refractivity contribution in [3.8, 4) is 12.3 Å². The van der Waals surface area contributed by atoms with Crippen molar-refractivity contribution in [3.05, 3.63) is 0 Å². The van der Waals surface area contributed by atoms with Crippen molar-refractivity contribution in [3.63, 3.8) is 0 Å². The fourth-order valence-corrected chi connectivity index (χ4v) is 1.14. The highest BCUT2D eigenvalue weighted by Gasteiger charge is 2.36. The summed E-state index contributed by atoms with van der Waals surface area (Å²) in [5.74, 6) is 2.54. The molecule has 1 aliphatic heterocycles. The average Bonchev–Trinajstić information content (AvgIpc) is 1.98. The molecule has 2 atom stereocenters. The predicted molar refractivity (Wildman–Crippen MR) is 41.7 cm³/mol. The zero-order valence-corrected chi connectivity index (χ0v) is 6.89. The van der Waals surface area contributed by atoms with Crippen LogP contribution in [0.25, 0.3) is 0 Å². The molecule has 0 amide bonds. The number of esters is 1. The van der Waals surface area contributed by atoms with Crippen LogP contribution in [0.2, 0.25) is 0 Å². The summed E-state index contributed by atoms with van der Waals surface area (Å²) >= 11 is 0. The van der Waals surface area contributed by atoms with Gasteiger partial charge in [0.25, 0.3) is 0 Å². The van der Waals surface area contributed by atoms with Crippen molar-refractivity contribution in [2.24, 2.45) is 5.41 Å². The van der Waals surface area contributed by atoms with E-state index < -0.39 is 0 Å². The Labute approximate surface area is 66.9 Å². The van der Waals surface area contributed by atoms with Gasteiger partial charge in [-0.2, -0.15) is 0 Å². The van der Waals surface area contributed by atoms with Crippen LogP contribution in [0.15, 0.2) is 0 Å². The van der Waals surface area contributed by atoms with Gasteiger partial charge in [0.2, 0.25) is 0 Å². The molecule has 60 valence electrons. The number of carbonyl (C=O) groups excluding carboxylic acids is 1. The molecule has 0 N–H and O–H groups in total. The van der Waals surface area contributed by atoms with E-state index >= 15 is 0 Å². The van der Waals surface area contributed by atoms with Gasteiger partial charge in [-0.1, -0.05) is 5.92 Å². The molecule has 0 spiro atoms. The van der Waals surface area contributed by atoms with Gasteiger partial charge in [-0.15, -0.1) is 6.42 Å². The molecule has 2 unspecified atom stereocenters. The lowest BCUT2D eigenvalue weighted by Gasteiger charge is -2.34. The summed E-state index contributed by atoms with van der Waals surface area (Å²) in [7, 11) is 0. The minimum atomic E-state index is -0.256. The lowest BCUT2D eigenvalue weighted by Crippen LogP contribution is -2.37. The van der Waals surface area contributed by atoms with Gasteiger partial charge >= 0.3 is 5.97 Å². The third-order valence-corrected chi connectivity index (χ3v) is 2.38. The number of hydrogen-bond acceptors (Lipinski definition) is 2. The summed E-state index contributed by atoms with van der Waals surface area (Å²) in [5, 5.41) is 0. The molecule has 0 aromatic heterocycles. The predicted octanol–water partition coefficient (Wildman–Crippen LogP) is 1.35. The van der Waals surface area contributed by atoms with Crippen molar-refractivity contribution in [2.45, 2.75) is 32.8 Å². The molecule has 1 rings (SSSR count). The second-order valence-corrected chi connectivity index (χ2v) is 3.19. The Morgan fingerprint density at radius 2 is 2.45 bits per heavy atom. The van der Waals surface area contributed by atoms with E-state index in [1.165, 1.54) is 0 Å². The standard InChI is InChI=1S/C9H12O2/c1-4-9(3)6-5-8(10)11-7(9)2/h1,7H,5-6H2,2-3H3. The lowest BCUT2D eigenvalue weighted by atomic mass is 9.80. The highest BCUT2D eigenvalue weighted by Crippen LogP contribution is 2.33. The summed E-state index contributed by atoms with van der Waals surface area (Å²) in [6.45, 7) is 3.79. The molecular weight excluding hydrogens is 140 g/mol. The average molecular weight is 152 g/mol. The maximum atomic E-state index is 10.8. The molecule has 2 nitrogen and oxygen atoms in total. The maximum absolute atomic E-state index is 10.8. The van der Waals surface area contributed by atoms with Crippen LogP contribution in [-0.4, -0.2) is 12.1 Å². The molecule has 11 heavy (non-hydrogen) atoms. The maximum Gasteiger partial charge on any atom is 0.306 e. The highest BCUT2D eigenvalue weighted by atomic mass is 16.5. The molecule has 0 saturated carbocycles. The molecule has 0 aromatic carbocycles. The van der Waals surface area contributed by atoms with Gasteiger partial charge in [-0.05, 0) is 20.3 Å². The van der Waals surface area contributed by atoms with E-state index in [1.54, 1.807) is 0 Å². The molecular formula is C9H12O2. The van der Waals surface area contributed by atoms with Crippen molar-refractivity contribution >= 4 is 5.97 Å². The summed E-state index contributed by atoms with van der Waals surface area (Å²) < 4.78 is 5.01. The fourth-order valence-electron chi connectivity index (χ4n) is 1.14. The third kappa shape index (κ3) is 1.37. The van der Waals surface area contributed by atoms with E-state index in [0.717, 1.165) is 6.42 Å². The number of rotatable bonds is 0. The number of ether oxygens (including phenoxy) is 1. The molecule has 0 aliphatic carbocycles. The van der Waals surface area contributed by atoms with Gasteiger partial charge in [-0.25, -0.2) is 0 Å². The summed E-state index contributed by atoms with van der Waals surface area (Å²) in [5.41, 5.74) is -0.256. The van der Waals surface area contributed by atoms with E-state index in [2.05, 4.69) is 5.92 Å². The molecule has 1 heterocycles. The second-order valence-electron chi connectivity index (χ2n) is 3.19. The van der Waals surface area contributed by atoms with Crippen LogP contribution in [0.3, 0.4) is 0 Å². The number of hydrogen-bond donors (Lipinski definition) is 0. The SMILES string of the molecule is C#CC1(C)CCC(=O)OC1C. The Morgan fingerprint density at radius 1 is 1.82 bits per heavy atom. The third-order valence-electron chi connectivity index (χ3n) is 2.38. The summed E-state index contributed by atoms with van der Waals surface area (Å²) in [6.07, 6.45) is 6.38. The normalized spacial score (nSPS) is 37.5. The Morgan fingerprint density at radius 3 is 2.91 bits per heavy atom. The first-order valence-corrected chi connectivity index (χ1v) is 3.76. The first kappa shape index (κ1) is 8.13. The van der Waals surface area contributed by atoms with E-state index in [4.69, 9.17) is 11.2 Å². The number of carbonyl (C=O) groups is 1. The van der Waals surface area contributed by atoms with E-state index in [1.807, 2.05) is 13.8 Å². The van der Waals surface area contributed by atoms with Crippen LogP contribution in [0.4, 0.5) is 0 Å². The Balaban J connectivity index is 2.73. The van der Waals surface area contributed by atoms with Crippen molar-refractivity contribution < 1.29 is 9.53 Å². The largest absolute Gasteiger partial charge is 0.461 e. The molecule has 1 fully saturated rings. The summed E-state index contributed by atoms with van der Waals surface area (Å²) in [4.78, 5) is 10.8. The van der Waals surface area contributed by atoms with Gasteiger partial charge in [0.15, 0.2) is 0 Å². The van der Waals surface area contributed by atoms with Gasteiger partial charge < -0.3 is 4.74 Å². The topological polar surface area (TPSA) is 26.3 Å². The molecule has 0 bridgehead atoms. The van der Waals surface area contributed by atoms with E-state index in [-0.39, 0.29) is 17.5 Å². The minimum Gasteiger partial charge on any atom is -0.461 e. The van der Waals surface area contributed by atoms with E-state index in [0.29, 0.717) is 6.42 Å². The Hall–Kier alpha value is -0.970. The molecule has 0 radical (unpaired) electrons. The van der Waals surface area contributed by atoms with Crippen LogP contribution in [0.1, 0.15) is 26.7 Å². The highest BCUT2D eigenvalue weighted by molar-refractivity contribution is 5.70. The van der Waals surface area contributed by atoms with Gasteiger partial charge in [0, 0.05) is 6.42 Å². The van der Waals surface area contributed by atoms with Crippen LogP contribution >= 0.6 is 0 Å². The molecule has 0 aromatic rings. The van der Waals surface area contributed by atoms with Crippen LogP contribution in [-0.2, 0) is 9.53 Å². The molecule has 1 saturated heterocycles. The van der Waals surface area contributed by atoms with Crippen molar-refractivity contribution in [1.82, 2.24) is 0 Å². The second kappa shape index (κ2) is 2.58. The van der Waals surface area contributed by atoms with E-state index in [9.17, 15) is 4.79 Å². The quantitative estimate of drug-likeness (QED) is 0.387. The van der Waals surface area contributed by atoms with Gasteiger partial charge in [0.05, 0.1) is 5.41 Å². The van der Waals surface area contributed by atoms with Gasteiger partial charge in [-0.3, -0.25) is 4.79 Å².